The Morgan fingerprint density at radius 1 is 1.00 bits per heavy atom. The number of nitrogens with zero attached hydrogens (tertiary/aromatic N) is 2. The summed E-state index contributed by atoms with van der Waals surface area (Å²) in [4.78, 5) is 33.1. The number of para-hydroxylation sites is 2. The van der Waals surface area contributed by atoms with E-state index in [1.54, 1.807) is 18.2 Å². The lowest BCUT2D eigenvalue weighted by Gasteiger charge is -2.25. The molecule has 3 aromatic rings. The first-order chi connectivity index (χ1) is 16.6. The Kier molecular flexibility index (Phi) is 5.99. The maximum absolute atomic E-state index is 13.7. The summed E-state index contributed by atoms with van der Waals surface area (Å²) < 4.78 is 11.1. The first-order valence-electron chi connectivity index (χ1n) is 11.3. The maximum Gasteiger partial charge on any atom is 0.244 e. The average Bonchev–Trinajstić information content (AvgIpc) is 2.95. The standard InChI is InChI=1S/C27H25N3O4/c1-18-21(15-19-7-3-2-4-8-19)27(32)30(23-10-6-5-9-22(23)28-18)17-26(31)29-20-11-12-24-25(16-20)34-14-13-33-24/h2-12,16,21H,13-15,17H2,1H3,(H,29,31). The molecule has 0 aliphatic carbocycles. The van der Waals surface area contributed by atoms with Gasteiger partial charge in [-0.25, -0.2) is 0 Å². The van der Waals surface area contributed by atoms with Gasteiger partial charge in [-0.15, -0.1) is 0 Å². The predicted molar refractivity (Wildman–Crippen MR) is 131 cm³/mol. The lowest BCUT2D eigenvalue weighted by molar-refractivity contribution is -0.123. The van der Waals surface area contributed by atoms with Gasteiger partial charge in [0.2, 0.25) is 11.8 Å². The number of rotatable bonds is 5. The normalized spacial score (nSPS) is 16.9. The van der Waals surface area contributed by atoms with Gasteiger partial charge in [0.05, 0.1) is 17.3 Å². The second kappa shape index (κ2) is 9.39. The number of aliphatic imine (C=N–C) groups is 1. The van der Waals surface area contributed by atoms with Crippen molar-refractivity contribution in [3.8, 4) is 11.5 Å². The Balaban J connectivity index is 1.40. The molecule has 0 saturated carbocycles. The highest BCUT2D eigenvalue weighted by Crippen LogP contribution is 2.35. The molecule has 1 unspecified atom stereocenters. The number of fused-ring (bicyclic) bond motifs is 2. The van der Waals surface area contributed by atoms with E-state index in [1.807, 2.05) is 61.5 Å². The second-order valence-electron chi connectivity index (χ2n) is 8.32. The number of carbonyl (C=O) groups is 2. The zero-order chi connectivity index (χ0) is 23.5. The van der Waals surface area contributed by atoms with Crippen molar-refractivity contribution >= 4 is 34.6 Å². The molecule has 1 atom stereocenters. The Morgan fingerprint density at radius 2 is 1.74 bits per heavy atom. The summed E-state index contributed by atoms with van der Waals surface area (Å²) in [5.74, 6) is 0.326. The van der Waals surface area contributed by atoms with E-state index in [9.17, 15) is 9.59 Å². The number of anilines is 2. The quantitative estimate of drug-likeness (QED) is 0.619. The van der Waals surface area contributed by atoms with Crippen LogP contribution in [-0.2, 0) is 16.0 Å². The van der Waals surface area contributed by atoms with Gasteiger partial charge in [-0.2, -0.15) is 0 Å². The molecular formula is C27H25N3O4. The predicted octanol–water partition coefficient (Wildman–Crippen LogP) is 4.39. The summed E-state index contributed by atoms with van der Waals surface area (Å²) >= 11 is 0. The van der Waals surface area contributed by atoms with Crippen molar-refractivity contribution < 1.29 is 19.1 Å². The molecule has 2 aliphatic heterocycles. The van der Waals surface area contributed by atoms with Crippen LogP contribution in [0.4, 0.5) is 17.1 Å². The van der Waals surface area contributed by atoms with E-state index in [4.69, 9.17) is 14.5 Å². The van der Waals surface area contributed by atoms with Crippen molar-refractivity contribution in [1.29, 1.82) is 0 Å². The lowest BCUT2D eigenvalue weighted by atomic mass is 9.94. The summed E-state index contributed by atoms with van der Waals surface area (Å²) in [7, 11) is 0. The monoisotopic (exact) mass is 455 g/mol. The highest BCUT2D eigenvalue weighted by atomic mass is 16.6. The fourth-order valence-electron chi connectivity index (χ4n) is 4.25. The Bertz CT molecular complexity index is 1260. The van der Waals surface area contributed by atoms with Crippen LogP contribution in [0.2, 0.25) is 0 Å². The molecule has 0 fully saturated rings. The highest BCUT2D eigenvalue weighted by Gasteiger charge is 2.33. The minimum Gasteiger partial charge on any atom is -0.486 e. The highest BCUT2D eigenvalue weighted by molar-refractivity contribution is 6.15. The largest absolute Gasteiger partial charge is 0.486 e. The number of benzene rings is 3. The van der Waals surface area contributed by atoms with E-state index >= 15 is 0 Å². The summed E-state index contributed by atoms with van der Waals surface area (Å²) in [5.41, 5.74) is 3.66. The van der Waals surface area contributed by atoms with Crippen molar-refractivity contribution in [2.45, 2.75) is 13.3 Å². The van der Waals surface area contributed by atoms with Crippen LogP contribution < -0.4 is 19.7 Å². The summed E-state index contributed by atoms with van der Waals surface area (Å²) in [6.45, 7) is 2.71. The van der Waals surface area contributed by atoms with Crippen molar-refractivity contribution in [2.75, 3.05) is 30.0 Å². The number of ether oxygens (including phenoxy) is 2. The first kappa shape index (κ1) is 21.7. The van der Waals surface area contributed by atoms with Crippen LogP contribution in [0, 0.1) is 5.92 Å². The van der Waals surface area contributed by atoms with Gasteiger partial charge in [-0.3, -0.25) is 14.6 Å². The summed E-state index contributed by atoms with van der Waals surface area (Å²) in [6.07, 6.45) is 0.517. The minimum atomic E-state index is -0.461. The SMILES string of the molecule is CC1=Nc2ccccc2N(CC(=O)Nc2ccc3c(c2)OCCO3)C(=O)C1Cc1ccccc1. The molecule has 172 valence electrons. The fraction of sp³-hybridized carbons (Fsp3) is 0.222. The molecule has 5 rings (SSSR count). The van der Waals surface area contributed by atoms with Crippen LogP contribution in [0.15, 0.2) is 77.8 Å². The topological polar surface area (TPSA) is 80.2 Å². The van der Waals surface area contributed by atoms with E-state index in [0.717, 1.165) is 11.3 Å². The van der Waals surface area contributed by atoms with E-state index in [-0.39, 0.29) is 18.4 Å². The molecule has 2 aliphatic rings. The molecule has 1 N–H and O–H groups in total. The minimum absolute atomic E-state index is 0.127. The van der Waals surface area contributed by atoms with E-state index in [1.165, 1.54) is 4.90 Å². The molecule has 2 amide bonds. The fourth-order valence-corrected chi connectivity index (χ4v) is 4.25. The zero-order valence-corrected chi connectivity index (χ0v) is 18.9. The lowest BCUT2D eigenvalue weighted by Crippen LogP contribution is -2.43. The van der Waals surface area contributed by atoms with Crippen molar-refractivity contribution in [2.24, 2.45) is 10.9 Å². The average molecular weight is 456 g/mol. The maximum atomic E-state index is 13.7. The molecule has 0 bridgehead atoms. The molecule has 0 aromatic heterocycles. The van der Waals surface area contributed by atoms with E-state index in [2.05, 4.69) is 5.32 Å². The van der Waals surface area contributed by atoms with Gasteiger partial charge in [-0.05, 0) is 43.2 Å². The Morgan fingerprint density at radius 3 is 2.56 bits per heavy atom. The van der Waals surface area contributed by atoms with E-state index in [0.29, 0.717) is 48.2 Å². The van der Waals surface area contributed by atoms with Crippen LogP contribution in [-0.4, -0.2) is 37.3 Å². The van der Waals surface area contributed by atoms with Crippen LogP contribution in [0.3, 0.4) is 0 Å². The van der Waals surface area contributed by atoms with Gasteiger partial charge < -0.3 is 19.7 Å². The van der Waals surface area contributed by atoms with Gasteiger partial charge in [0, 0.05) is 17.5 Å². The van der Waals surface area contributed by atoms with Crippen molar-refractivity contribution in [3.05, 3.63) is 78.4 Å². The van der Waals surface area contributed by atoms with Gasteiger partial charge >= 0.3 is 0 Å². The third kappa shape index (κ3) is 4.50. The molecule has 3 aromatic carbocycles. The molecule has 7 heteroatoms. The Labute approximate surface area is 198 Å². The first-order valence-corrected chi connectivity index (χ1v) is 11.3. The molecule has 0 radical (unpaired) electrons. The third-order valence-corrected chi connectivity index (χ3v) is 5.95. The molecule has 0 saturated heterocycles. The van der Waals surface area contributed by atoms with Crippen LogP contribution in [0.5, 0.6) is 11.5 Å². The Hall–Kier alpha value is -4.13. The van der Waals surface area contributed by atoms with Crippen molar-refractivity contribution in [1.82, 2.24) is 0 Å². The van der Waals surface area contributed by atoms with Gasteiger partial charge in [0.15, 0.2) is 11.5 Å². The van der Waals surface area contributed by atoms with Crippen LogP contribution in [0.25, 0.3) is 0 Å². The van der Waals surface area contributed by atoms with Crippen LogP contribution in [0.1, 0.15) is 12.5 Å². The number of carbonyl (C=O) groups excluding carboxylic acids is 2. The second-order valence-corrected chi connectivity index (χ2v) is 8.32. The summed E-state index contributed by atoms with van der Waals surface area (Å²) in [5, 5.41) is 2.88. The third-order valence-electron chi connectivity index (χ3n) is 5.95. The number of amides is 2. The molecule has 34 heavy (non-hydrogen) atoms. The molecule has 7 nitrogen and oxygen atoms in total. The number of nitrogens with one attached hydrogen (secondary N) is 1. The van der Waals surface area contributed by atoms with Gasteiger partial charge in [-0.1, -0.05) is 42.5 Å². The molecular weight excluding hydrogens is 430 g/mol. The van der Waals surface area contributed by atoms with Gasteiger partial charge in [0.25, 0.3) is 0 Å². The number of hydrogen-bond acceptors (Lipinski definition) is 5. The molecule has 2 heterocycles. The summed E-state index contributed by atoms with van der Waals surface area (Å²) in [6, 6.07) is 22.5. The number of hydrogen-bond donors (Lipinski definition) is 1. The van der Waals surface area contributed by atoms with E-state index < -0.39 is 5.92 Å². The van der Waals surface area contributed by atoms with Crippen LogP contribution >= 0.6 is 0 Å². The zero-order valence-electron chi connectivity index (χ0n) is 18.9. The smallest absolute Gasteiger partial charge is 0.244 e. The molecule has 0 spiro atoms. The van der Waals surface area contributed by atoms with Crippen molar-refractivity contribution in [3.63, 3.8) is 0 Å². The van der Waals surface area contributed by atoms with Gasteiger partial charge in [0.1, 0.15) is 19.8 Å².